The third kappa shape index (κ3) is 5.66. The Morgan fingerprint density at radius 3 is 2.34 bits per heavy atom. The Hall–Kier alpha value is -3.16. The molecule has 1 amide bonds. The Morgan fingerprint density at radius 2 is 1.69 bits per heavy atom. The van der Waals surface area contributed by atoms with E-state index in [1.165, 1.54) is 42.6 Å². The fourth-order valence-corrected chi connectivity index (χ4v) is 3.70. The Labute approximate surface area is 174 Å². The lowest BCUT2D eigenvalue weighted by Crippen LogP contribution is -2.18. The van der Waals surface area contributed by atoms with Crippen molar-refractivity contribution in [1.29, 1.82) is 0 Å². The molecular weight excluding hydrogens is 410 g/mol. The molecule has 29 heavy (non-hydrogen) atoms. The van der Waals surface area contributed by atoms with Crippen LogP contribution in [0.25, 0.3) is 0 Å². The number of anilines is 1. The number of hydrazone groups is 1. The summed E-state index contributed by atoms with van der Waals surface area (Å²) in [6.07, 6.45) is 1.48. The van der Waals surface area contributed by atoms with E-state index in [1.54, 1.807) is 36.4 Å². The SMILES string of the molecule is Cc1ccc(S(=O)(=O)Nc2ccc(C(=O)NN=Cc3cccc(Cl)c3)cc2)cc1. The summed E-state index contributed by atoms with van der Waals surface area (Å²) < 4.78 is 27.3. The van der Waals surface area contributed by atoms with Crippen molar-refractivity contribution in [3.05, 3.63) is 94.5 Å². The van der Waals surface area contributed by atoms with E-state index in [2.05, 4.69) is 15.2 Å². The monoisotopic (exact) mass is 427 g/mol. The molecule has 0 aliphatic carbocycles. The molecule has 0 aliphatic heterocycles. The van der Waals surface area contributed by atoms with Crippen molar-refractivity contribution in [2.24, 2.45) is 5.10 Å². The van der Waals surface area contributed by atoms with Crippen molar-refractivity contribution >= 4 is 39.4 Å². The zero-order chi connectivity index (χ0) is 20.9. The average Bonchev–Trinajstić information content (AvgIpc) is 2.68. The third-order valence-corrected chi connectivity index (χ3v) is 5.59. The van der Waals surface area contributed by atoms with Gasteiger partial charge in [0.2, 0.25) is 0 Å². The molecule has 0 bridgehead atoms. The zero-order valence-corrected chi connectivity index (χ0v) is 17.0. The molecule has 0 saturated carbocycles. The Morgan fingerprint density at radius 1 is 1.00 bits per heavy atom. The van der Waals surface area contributed by atoms with Crippen LogP contribution < -0.4 is 10.1 Å². The van der Waals surface area contributed by atoms with Crippen LogP contribution in [0.3, 0.4) is 0 Å². The van der Waals surface area contributed by atoms with E-state index in [9.17, 15) is 13.2 Å². The van der Waals surface area contributed by atoms with Crippen LogP contribution in [0.4, 0.5) is 5.69 Å². The Balaban J connectivity index is 1.63. The first kappa shape index (κ1) is 20.6. The van der Waals surface area contributed by atoms with Gasteiger partial charge in [-0.15, -0.1) is 0 Å². The van der Waals surface area contributed by atoms with Gasteiger partial charge in [0.15, 0.2) is 0 Å². The molecule has 0 saturated heterocycles. The lowest BCUT2D eigenvalue weighted by atomic mass is 10.2. The van der Waals surface area contributed by atoms with Crippen LogP contribution >= 0.6 is 11.6 Å². The molecular formula is C21H18ClN3O3S. The molecule has 6 nitrogen and oxygen atoms in total. The second-order valence-corrected chi connectivity index (χ2v) is 8.37. The van der Waals surface area contributed by atoms with Gasteiger partial charge in [-0.2, -0.15) is 5.10 Å². The van der Waals surface area contributed by atoms with Crippen LogP contribution in [-0.4, -0.2) is 20.5 Å². The predicted octanol–water partition coefficient (Wildman–Crippen LogP) is 4.21. The molecule has 3 rings (SSSR count). The Bertz CT molecular complexity index is 1140. The number of carbonyl (C=O) groups excluding carboxylic acids is 1. The predicted molar refractivity (Wildman–Crippen MR) is 115 cm³/mol. The number of sulfonamides is 1. The number of amides is 1. The van der Waals surface area contributed by atoms with Crippen LogP contribution in [0.1, 0.15) is 21.5 Å². The quantitative estimate of drug-likeness (QED) is 0.456. The van der Waals surface area contributed by atoms with Gasteiger partial charge in [-0.1, -0.05) is 41.4 Å². The van der Waals surface area contributed by atoms with Crippen LogP contribution in [-0.2, 0) is 10.0 Å². The maximum Gasteiger partial charge on any atom is 0.271 e. The lowest BCUT2D eigenvalue weighted by Gasteiger charge is -2.09. The first-order chi connectivity index (χ1) is 13.8. The van der Waals surface area contributed by atoms with E-state index in [0.717, 1.165) is 11.1 Å². The minimum absolute atomic E-state index is 0.167. The van der Waals surface area contributed by atoms with Gasteiger partial charge in [-0.3, -0.25) is 9.52 Å². The van der Waals surface area contributed by atoms with Crippen LogP contribution in [0.2, 0.25) is 5.02 Å². The summed E-state index contributed by atoms with van der Waals surface area (Å²) in [4.78, 5) is 12.3. The second kappa shape index (κ2) is 8.89. The summed E-state index contributed by atoms with van der Waals surface area (Å²) in [6, 6.07) is 19.6. The largest absolute Gasteiger partial charge is 0.280 e. The lowest BCUT2D eigenvalue weighted by molar-refractivity contribution is 0.0955. The molecule has 3 aromatic rings. The Kier molecular flexibility index (Phi) is 6.31. The van der Waals surface area contributed by atoms with Crippen LogP contribution in [0.15, 0.2) is 82.8 Å². The summed E-state index contributed by atoms with van der Waals surface area (Å²) in [5.74, 6) is -0.420. The molecule has 0 spiro atoms. The van der Waals surface area contributed by atoms with Crippen LogP contribution in [0, 0.1) is 6.92 Å². The highest BCUT2D eigenvalue weighted by atomic mass is 35.5. The van der Waals surface area contributed by atoms with E-state index in [0.29, 0.717) is 16.3 Å². The molecule has 0 radical (unpaired) electrons. The van der Waals surface area contributed by atoms with Crippen molar-refractivity contribution in [3.63, 3.8) is 0 Å². The number of hydrogen-bond donors (Lipinski definition) is 2. The van der Waals surface area contributed by atoms with Crippen molar-refractivity contribution in [2.45, 2.75) is 11.8 Å². The first-order valence-electron chi connectivity index (χ1n) is 8.62. The van der Waals surface area contributed by atoms with Crippen molar-refractivity contribution in [2.75, 3.05) is 4.72 Å². The average molecular weight is 428 g/mol. The summed E-state index contributed by atoms with van der Waals surface area (Å²) in [5.41, 5.74) is 4.82. The fraction of sp³-hybridized carbons (Fsp3) is 0.0476. The second-order valence-electron chi connectivity index (χ2n) is 6.25. The molecule has 8 heteroatoms. The minimum atomic E-state index is -3.70. The first-order valence-corrected chi connectivity index (χ1v) is 10.5. The molecule has 2 N–H and O–H groups in total. The van der Waals surface area contributed by atoms with Gasteiger partial charge in [0.1, 0.15) is 0 Å². The highest BCUT2D eigenvalue weighted by molar-refractivity contribution is 7.92. The van der Waals surface area contributed by atoms with E-state index in [4.69, 9.17) is 11.6 Å². The number of hydrogen-bond acceptors (Lipinski definition) is 4. The highest BCUT2D eigenvalue weighted by Gasteiger charge is 2.14. The number of rotatable bonds is 6. The summed E-state index contributed by atoms with van der Waals surface area (Å²) in [7, 11) is -3.70. The molecule has 0 fully saturated rings. The van der Waals surface area contributed by atoms with Gasteiger partial charge in [0.25, 0.3) is 15.9 Å². The number of nitrogens with one attached hydrogen (secondary N) is 2. The van der Waals surface area contributed by atoms with E-state index in [1.807, 2.05) is 6.92 Å². The van der Waals surface area contributed by atoms with E-state index in [-0.39, 0.29) is 4.90 Å². The molecule has 0 unspecified atom stereocenters. The normalized spacial score (nSPS) is 11.4. The maximum absolute atomic E-state index is 12.4. The topological polar surface area (TPSA) is 87.6 Å². The summed E-state index contributed by atoms with van der Waals surface area (Å²) in [5, 5.41) is 4.47. The van der Waals surface area contributed by atoms with Gasteiger partial charge < -0.3 is 0 Å². The van der Waals surface area contributed by atoms with Gasteiger partial charge in [-0.05, 0) is 61.0 Å². The van der Waals surface area contributed by atoms with Gasteiger partial charge in [0.05, 0.1) is 11.1 Å². The van der Waals surface area contributed by atoms with Gasteiger partial charge in [0, 0.05) is 16.3 Å². The smallest absolute Gasteiger partial charge is 0.271 e. The molecule has 0 aromatic heterocycles. The summed E-state index contributed by atoms with van der Waals surface area (Å²) >= 11 is 5.89. The summed E-state index contributed by atoms with van der Waals surface area (Å²) in [6.45, 7) is 1.88. The van der Waals surface area contributed by atoms with Crippen molar-refractivity contribution in [1.82, 2.24) is 5.43 Å². The van der Waals surface area contributed by atoms with Crippen LogP contribution in [0.5, 0.6) is 0 Å². The van der Waals surface area contributed by atoms with E-state index >= 15 is 0 Å². The third-order valence-electron chi connectivity index (χ3n) is 3.96. The molecule has 0 heterocycles. The highest BCUT2D eigenvalue weighted by Crippen LogP contribution is 2.17. The van der Waals surface area contributed by atoms with Crippen molar-refractivity contribution < 1.29 is 13.2 Å². The van der Waals surface area contributed by atoms with Crippen molar-refractivity contribution in [3.8, 4) is 0 Å². The van der Waals surface area contributed by atoms with Gasteiger partial charge in [-0.25, -0.2) is 13.8 Å². The zero-order valence-electron chi connectivity index (χ0n) is 15.5. The maximum atomic E-state index is 12.4. The number of halogens is 1. The number of carbonyl (C=O) groups is 1. The van der Waals surface area contributed by atoms with Gasteiger partial charge >= 0.3 is 0 Å². The van der Waals surface area contributed by atoms with E-state index < -0.39 is 15.9 Å². The molecule has 0 aliphatic rings. The number of nitrogens with zero attached hydrogens (tertiary/aromatic N) is 1. The molecule has 148 valence electrons. The minimum Gasteiger partial charge on any atom is -0.280 e. The standard InChI is InChI=1S/C21H18ClN3O3S/c1-15-5-11-20(12-6-15)29(27,28)25-19-9-7-17(8-10-19)21(26)24-23-14-16-3-2-4-18(22)13-16/h2-14,25H,1H3,(H,24,26). The molecule has 3 aromatic carbocycles. The molecule has 0 atom stereocenters. The number of aryl methyl sites for hydroxylation is 1. The fourth-order valence-electron chi connectivity index (χ4n) is 2.44. The number of benzene rings is 3.